The fourth-order valence-corrected chi connectivity index (χ4v) is 2.52. The molecule has 0 aromatic heterocycles. The molecule has 126 valence electrons. The zero-order valence-electron chi connectivity index (χ0n) is 11.7. The highest BCUT2D eigenvalue weighted by molar-refractivity contribution is 9.10. The Balaban J connectivity index is 2.11. The number of hydrogen-bond donors (Lipinski definition) is 2. The Bertz CT molecular complexity index is 799. The van der Waals surface area contributed by atoms with Crippen molar-refractivity contribution in [3.63, 3.8) is 0 Å². The molecule has 0 aliphatic heterocycles. The van der Waals surface area contributed by atoms with E-state index in [0.29, 0.717) is 10.0 Å². The van der Waals surface area contributed by atoms with E-state index >= 15 is 0 Å². The third kappa shape index (κ3) is 4.93. The molecule has 2 aromatic rings. The van der Waals surface area contributed by atoms with Gasteiger partial charge in [0.25, 0.3) is 5.91 Å². The van der Waals surface area contributed by atoms with Gasteiger partial charge in [-0.2, -0.15) is 13.2 Å². The Kier molecular flexibility index (Phi) is 5.84. The van der Waals surface area contributed by atoms with Gasteiger partial charge in [-0.3, -0.25) is 10.1 Å². The van der Waals surface area contributed by atoms with E-state index in [1.54, 1.807) is 24.3 Å². The van der Waals surface area contributed by atoms with Crippen molar-refractivity contribution < 1.29 is 18.0 Å². The van der Waals surface area contributed by atoms with E-state index in [9.17, 15) is 18.0 Å². The SMILES string of the molecule is O=C(NC(=S)Nc1cc(C(F)(F)F)ccc1Cl)c1cccc(Br)c1. The predicted octanol–water partition coefficient (Wildman–Crippen LogP) is 5.25. The summed E-state index contributed by atoms with van der Waals surface area (Å²) in [6, 6.07) is 9.34. The molecule has 0 radical (unpaired) electrons. The highest BCUT2D eigenvalue weighted by atomic mass is 79.9. The summed E-state index contributed by atoms with van der Waals surface area (Å²) in [6.07, 6.45) is -4.51. The topological polar surface area (TPSA) is 41.1 Å². The lowest BCUT2D eigenvalue weighted by Gasteiger charge is -2.13. The van der Waals surface area contributed by atoms with Crippen LogP contribution in [0.25, 0.3) is 0 Å². The maximum atomic E-state index is 12.7. The Hall–Kier alpha value is -1.64. The van der Waals surface area contributed by atoms with E-state index in [1.165, 1.54) is 0 Å². The summed E-state index contributed by atoms with van der Waals surface area (Å²) in [5.41, 5.74) is -0.592. The Morgan fingerprint density at radius 2 is 1.88 bits per heavy atom. The molecule has 2 rings (SSSR count). The molecule has 0 saturated heterocycles. The summed E-state index contributed by atoms with van der Waals surface area (Å²) in [4.78, 5) is 12.0. The lowest BCUT2D eigenvalue weighted by Crippen LogP contribution is -2.34. The predicted molar refractivity (Wildman–Crippen MR) is 94.3 cm³/mol. The molecule has 2 aromatic carbocycles. The third-order valence-corrected chi connectivity index (χ3v) is 3.88. The molecule has 9 heteroatoms. The summed E-state index contributed by atoms with van der Waals surface area (Å²) < 4.78 is 38.9. The average Bonchev–Trinajstić information content (AvgIpc) is 2.48. The van der Waals surface area contributed by atoms with Gasteiger partial charge in [0.2, 0.25) is 0 Å². The van der Waals surface area contributed by atoms with Crippen LogP contribution in [-0.2, 0) is 6.18 Å². The lowest BCUT2D eigenvalue weighted by molar-refractivity contribution is -0.137. The molecular formula is C15H9BrClF3N2OS. The van der Waals surface area contributed by atoms with Crippen molar-refractivity contribution in [2.24, 2.45) is 0 Å². The molecule has 0 spiro atoms. The van der Waals surface area contributed by atoms with Gasteiger partial charge in [0, 0.05) is 10.0 Å². The monoisotopic (exact) mass is 436 g/mol. The molecular weight excluding hydrogens is 429 g/mol. The number of alkyl halides is 3. The fourth-order valence-electron chi connectivity index (χ4n) is 1.76. The average molecular weight is 438 g/mol. The Morgan fingerprint density at radius 3 is 2.50 bits per heavy atom. The molecule has 24 heavy (non-hydrogen) atoms. The summed E-state index contributed by atoms with van der Waals surface area (Å²) in [5.74, 6) is -0.503. The van der Waals surface area contributed by atoms with Crippen LogP contribution in [0, 0.1) is 0 Å². The van der Waals surface area contributed by atoms with Crippen LogP contribution in [0.5, 0.6) is 0 Å². The van der Waals surface area contributed by atoms with Crippen LogP contribution >= 0.6 is 39.7 Å². The maximum Gasteiger partial charge on any atom is 0.416 e. The van der Waals surface area contributed by atoms with Crippen LogP contribution in [0.4, 0.5) is 18.9 Å². The maximum absolute atomic E-state index is 12.7. The minimum absolute atomic E-state index is 0.0436. The van der Waals surface area contributed by atoms with E-state index in [1.807, 2.05) is 0 Å². The van der Waals surface area contributed by atoms with Gasteiger partial charge in [-0.25, -0.2) is 0 Å². The molecule has 0 aliphatic carbocycles. The lowest BCUT2D eigenvalue weighted by atomic mass is 10.2. The first-order valence-electron chi connectivity index (χ1n) is 6.41. The summed E-state index contributed by atoms with van der Waals surface area (Å²) >= 11 is 14.0. The second-order valence-corrected chi connectivity index (χ2v) is 6.34. The van der Waals surface area contributed by atoms with Crippen molar-refractivity contribution in [2.75, 3.05) is 5.32 Å². The number of anilines is 1. The van der Waals surface area contributed by atoms with E-state index in [0.717, 1.165) is 18.2 Å². The van der Waals surface area contributed by atoms with E-state index in [4.69, 9.17) is 23.8 Å². The number of halogens is 5. The number of thiocarbonyl (C=S) groups is 1. The number of carbonyl (C=O) groups excluding carboxylic acids is 1. The second-order valence-electron chi connectivity index (χ2n) is 4.61. The molecule has 0 unspecified atom stereocenters. The first kappa shape index (κ1) is 18.7. The van der Waals surface area contributed by atoms with Gasteiger partial charge in [-0.1, -0.05) is 33.6 Å². The molecule has 0 heterocycles. The smallest absolute Gasteiger partial charge is 0.331 e. The van der Waals surface area contributed by atoms with Crippen LogP contribution in [0.3, 0.4) is 0 Å². The van der Waals surface area contributed by atoms with Gasteiger partial charge >= 0.3 is 6.18 Å². The van der Waals surface area contributed by atoms with Gasteiger partial charge in [0.1, 0.15) is 0 Å². The Morgan fingerprint density at radius 1 is 1.17 bits per heavy atom. The molecule has 0 bridgehead atoms. The van der Waals surface area contributed by atoms with E-state index in [2.05, 4.69) is 26.6 Å². The van der Waals surface area contributed by atoms with Crippen molar-refractivity contribution in [1.82, 2.24) is 5.32 Å². The van der Waals surface area contributed by atoms with Crippen LogP contribution in [-0.4, -0.2) is 11.0 Å². The molecule has 2 N–H and O–H groups in total. The van der Waals surface area contributed by atoms with Gasteiger partial charge in [0.15, 0.2) is 5.11 Å². The van der Waals surface area contributed by atoms with Crippen molar-refractivity contribution in [3.05, 3.63) is 63.1 Å². The standard InChI is InChI=1S/C15H9BrClF3N2OS/c16-10-3-1-2-8(6-10)13(23)22-14(24)21-12-7-9(15(18,19)20)4-5-11(12)17/h1-7H,(H2,21,22,23,24). The van der Waals surface area contributed by atoms with Crippen molar-refractivity contribution in [1.29, 1.82) is 0 Å². The zero-order chi connectivity index (χ0) is 17.9. The molecule has 0 aliphatic rings. The third-order valence-electron chi connectivity index (χ3n) is 2.86. The first-order valence-corrected chi connectivity index (χ1v) is 7.99. The summed E-state index contributed by atoms with van der Waals surface area (Å²) in [6.45, 7) is 0. The summed E-state index contributed by atoms with van der Waals surface area (Å²) in [7, 11) is 0. The van der Waals surface area contributed by atoms with E-state index < -0.39 is 17.6 Å². The number of carbonyl (C=O) groups is 1. The number of rotatable bonds is 2. The normalized spacial score (nSPS) is 11.0. The van der Waals surface area contributed by atoms with Crippen molar-refractivity contribution in [2.45, 2.75) is 6.18 Å². The number of benzene rings is 2. The van der Waals surface area contributed by atoms with Gasteiger partial charge < -0.3 is 5.32 Å². The zero-order valence-corrected chi connectivity index (χ0v) is 14.9. The number of amides is 1. The number of nitrogens with one attached hydrogen (secondary N) is 2. The molecule has 1 amide bonds. The van der Waals surface area contributed by atoms with Crippen molar-refractivity contribution >= 4 is 56.5 Å². The fraction of sp³-hybridized carbons (Fsp3) is 0.0667. The van der Waals surface area contributed by atoms with Gasteiger partial charge in [0.05, 0.1) is 16.3 Å². The minimum Gasteiger partial charge on any atom is -0.331 e. The van der Waals surface area contributed by atoms with E-state index in [-0.39, 0.29) is 15.8 Å². The highest BCUT2D eigenvalue weighted by Crippen LogP contribution is 2.33. The molecule has 0 fully saturated rings. The van der Waals surface area contributed by atoms with Crippen LogP contribution in [0.1, 0.15) is 15.9 Å². The van der Waals surface area contributed by atoms with Crippen LogP contribution in [0.2, 0.25) is 5.02 Å². The quantitative estimate of drug-likeness (QED) is 0.631. The first-order chi connectivity index (χ1) is 11.2. The largest absolute Gasteiger partial charge is 0.416 e. The van der Waals surface area contributed by atoms with Crippen LogP contribution in [0.15, 0.2) is 46.9 Å². The molecule has 0 atom stereocenters. The van der Waals surface area contributed by atoms with Crippen molar-refractivity contribution in [3.8, 4) is 0 Å². The van der Waals surface area contributed by atoms with Crippen LogP contribution < -0.4 is 10.6 Å². The summed E-state index contributed by atoms with van der Waals surface area (Å²) in [5, 5.41) is 4.75. The van der Waals surface area contributed by atoms with Gasteiger partial charge in [-0.05, 0) is 48.6 Å². The molecule has 0 saturated carbocycles. The second kappa shape index (κ2) is 7.50. The molecule has 3 nitrogen and oxygen atoms in total. The number of hydrogen-bond acceptors (Lipinski definition) is 2. The van der Waals surface area contributed by atoms with Gasteiger partial charge in [-0.15, -0.1) is 0 Å². The highest BCUT2D eigenvalue weighted by Gasteiger charge is 2.31. The Labute approximate surface area is 154 Å². The minimum atomic E-state index is -4.51.